The summed E-state index contributed by atoms with van der Waals surface area (Å²) in [6.07, 6.45) is -1.39. The molecule has 0 fully saturated rings. The van der Waals surface area contributed by atoms with Crippen molar-refractivity contribution < 1.29 is 38.1 Å². The molecule has 0 saturated carbocycles. The second-order valence-electron chi connectivity index (χ2n) is 7.86. The van der Waals surface area contributed by atoms with Crippen LogP contribution < -0.4 is 14.4 Å². The molecule has 0 bridgehead atoms. The number of nitrogens with zero attached hydrogens (tertiary/aromatic N) is 1. The fourth-order valence-electron chi connectivity index (χ4n) is 4.45. The lowest BCUT2D eigenvalue weighted by Crippen LogP contribution is -2.28. The van der Waals surface area contributed by atoms with E-state index in [1.165, 1.54) is 24.3 Å². The number of carbonyl (C=O) groups is 2. The number of aliphatic hydroxyl groups is 1. The van der Waals surface area contributed by atoms with Gasteiger partial charge in [0.2, 0.25) is 0 Å². The average molecular weight is 506 g/mol. The Morgan fingerprint density at radius 2 is 1.80 bits per heavy atom. The highest BCUT2D eigenvalue weighted by atomic mass is 35.5. The lowest BCUT2D eigenvalue weighted by atomic mass is 9.96. The van der Waals surface area contributed by atoms with E-state index in [2.05, 4.69) is 0 Å². The summed E-state index contributed by atoms with van der Waals surface area (Å²) in [5.74, 6) is -2.75. The lowest BCUT2D eigenvalue weighted by Gasteiger charge is -2.23. The molecule has 0 saturated heterocycles. The van der Waals surface area contributed by atoms with Crippen molar-refractivity contribution in [1.29, 1.82) is 0 Å². The maximum atomic E-state index is 13.6. The van der Waals surface area contributed by atoms with Crippen LogP contribution in [-0.2, 0) is 4.79 Å². The molecule has 7 nitrogen and oxygen atoms in total. The first-order valence-electron chi connectivity index (χ1n) is 10.9. The largest absolute Gasteiger partial charge is 0.492 e. The van der Waals surface area contributed by atoms with E-state index in [0.717, 1.165) is 4.90 Å². The molecule has 3 aromatic carbocycles. The van der Waals surface area contributed by atoms with Gasteiger partial charge in [-0.25, -0.2) is 0 Å². The van der Waals surface area contributed by atoms with Gasteiger partial charge < -0.3 is 19.7 Å². The summed E-state index contributed by atoms with van der Waals surface area (Å²) in [6, 6.07) is 10.8. The highest BCUT2D eigenvalue weighted by molar-refractivity contribution is 6.34. The molecule has 1 aliphatic heterocycles. The van der Waals surface area contributed by atoms with Crippen LogP contribution in [0.2, 0.25) is 5.02 Å². The molecule has 0 radical (unpaired) electrons. The minimum atomic E-state index is -3.21. The van der Waals surface area contributed by atoms with Gasteiger partial charge in [0.15, 0.2) is 6.23 Å². The molecule has 1 heterocycles. The number of ether oxygens (including phenoxy) is 2. The number of anilines is 1. The van der Waals surface area contributed by atoms with E-state index >= 15 is 0 Å². The third-order valence-electron chi connectivity index (χ3n) is 5.93. The zero-order chi connectivity index (χ0) is 25.4. The van der Waals surface area contributed by atoms with Gasteiger partial charge in [-0.2, -0.15) is 8.78 Å². The minimum absolute atomic E-state index is 0.0150. The summed E-state index contributed by atoms with van der Waals surface area (Å²) in [5.41, 5.74) is 0.245. The van der Waals surface area contributed by atoms with E-state index in [-0.39, 0.29) is 45.3 Å². The van der Waals surface area contributed by atoms with Crippen LogP contribution in [0.25, 0.3) is 10.8 Å². The third-order valence-corrected chi connectivity index (χ3v) is 6.23. The van der Waals surface area contributed by atoms with Crippen LogP contribution in [0, 0.1) is 0 Å². The number of hydrogen-bond acceptors (Lipinski definition) is 5. The van der Waals surface area contributed by atoms with Crippen molar-refractivity contribution in [2.45, 2.75) is 39.0 Å². The van der Waals surface area contributed by atoms with E-state index in [1.54, 1.807) is 32.0 Å². The average Bonchev–Trinajstić information content (AvgIpc) is 3.06. The van der Waals surface area contributed by atoms with Gasteiger partial charge in [0.05, 0.1) is 34.4 Å². The first-order chi connectivity index (χ1) is 16.7. The predicted molar refractivity (Wildman–Crippen MR) is 126 cm³/mol. The summed E-state index contributed by atoms with van der Waals surface area (Å²) in [7, 11) is 0. The summed E-state index contributed by atoms with van der Waals surface area (Å²) < 4.78 is 37.3. The highest BCUT2D eigenvalue weighted by Crippen LogP contribution is 2.51. The first kappa shape index (κ1) is 24.7. The number of aliphatic hydroxyl groups excluding tert-OH is 1. The van der Waals surface area contributed by atoms with E-state index in [9.17, 15) is 28.6 Å². The quantitative estimate of drug-likeness (QED) is 0.406. The van der Waals surface area contributed by atoms with Crippen molar-refractivity contribution in [3.8, 4) is 11.5 Å². The SMILES string of the molecule is CCOc1c2c(c(OC(F)F)c3ccccc13)C(O)N(c1ccc(C(CC)C(=O)O)cc1Cl)C2=O. The highest BCUT2D eigenvalue weighted by Gasteiger charge is 2.44. The molecule has 2 atom stereocenters. The van der Waals surface area contributed by atoms with Gasteiger partial charge in [0.25, 0.3) is 5.91 Å². The zero-order valence-electron chi connectivity index (χ0n) is 18.8. The van der Waals surface area contributed by atoms with Crippen molar-refractivity contribution >= 4 is 39.9 Å². The van der Waals surface area contributed by atoms with Crippen molar-refractivity contribution in [3.05, 3.63) is 64.2 Å². The van der Waals surface area contributed by atoms with Crippen molar-refractivity contribution in [3.63, 3.8) is 0 Å². The summed E-state index contributed by atoms with van der Waals surface area (Å²) in [4.78, 5) is 26.1. The second kappa shape index (κ2) is 9.67. The maximum absolute atomic E-state index is 13.6. The molecule has 35 heavy (non-hydrogen) atoms. The summed E-state index contributed by atoms with van der Waals surface area (Å²) in [5, 5.41) is 21.3. The smallest absolute Gasteiger partial charge is 0.387 e. The molecule has 10 heteroatoms. The van der Waals surface area contributed by atoms with Crippen LogP contribution in [0.5, 0.6) is 11.5 Å². The normalized spacial score (nSPS) is 16.0. The molecule has 0 aromatic heterocycles. The first-order valence-corrected chi connectivity index (χ1v) is 11.3. The fraction of sp³-hybridized carbons (Fsp3) is 0.280. The zero-order valence-corrected chi connectivity index (χ0v) is 19.6. The number of amides is 1. The van der Waals surface area contributed by atoms with Crippen LogP contribution in [0.15, 0.2) is 42.5 Å². The number of carbonyl (C=O) groups excluding carboxylic acids is 1. The van der Waals surface area contributed by atoms with E-state index < -0.39 is 30.6 Å². The van der Waals surface area contributed by atoms with Gasteiger partial charge in [-0.1, -0.05) is 48.9 Å². The molecular weight excluding hydrogens is 484 g/mol. The van der Waals surface area contributed by atoms with E-state index in [4.69, 9.17) is 21.1 Å². The monoisotopic (exact) mass is 505 g/mol. The minimum Gasteiger partial charge on any atom is -0.492 e. The summed E-state index contributed by atoms with van der Waals surface area (Å²) in [6.45, 7) is 0.398. The molecule has 4 rings (SSSR count). The molecule has 2 unspecified atom stereocenters. The van der Waals surface area contributed by atoms with Crippen LogP contribution in [-0.4, -0.2) is 35.3 Å². The van der Waals surface area contributed by atoms with Crippen molar-refractivity contribution in [2.75, 3.05) is 11.5 Å². The predicted octanol–water partition coefficient (Wildman–Crippen LogP) is 5.72. The third kappa shape index (κ3) is 4.15. The van der Waals surface area contributed by atoms with Gasteiger partial charge in [0.1, 0.15) is 11.5 Å². The molecule has 0 spiro atoms. The molecule has 3 aromatic rings. The van der Waals surface area contributed by atoms with Crippen LogP contribution in [0.4, 0.5) is 14.5 Å². The number of hydrogen-bond donors (Lipinski definition) is 2. The molecule has 2 N–H and O–H groups in total. The van der Waals surface area contributed by atoms with Crippen molar-refractivity contribution in [1.82, 2.24) is 0 Å². The van der Waals surface area contributed by atoms with Crippen LogP contribution >= 0.6 is 11.6 Å². The van der Waals surface area contributed by atoms with Gasteiger partial charge in [0, 0.05) is 10.8 Å². The number of fused-ring (bicyclic) bond motifs is 2. The van der Waals surface area contributed by atoms with Gasteiger partial charge >= 0.3 is 12.6 Å². The number of aliphatic carboxylic acids is 1. The molecule has 0 aliphatic carbocycles. The Balaban J connectivity index is 1.92. The van der Waals surface area contributed by atoms with E-state index in [0.29, 0.717) is 17.4 Å². The Kier molecular flexibility index (Phi) is 6.82. The Bertz CT molecular complexity index is 1310. The van der Waals surface area contributed by atoms with Gasteiger partial charge in [-0.05, 0) is 31.0 Å². The Labute approximate surface area is 204 Å². The standard InChI is InChI=1S/C25H22ClF2NO6/c1-3-13(24(32)33)12-9-10-17(16(26)11-12)29-22(30)18-19(23(29)31)21(35-25(27)28)15-8-6-5-7-14(15)20(18)34-4-2/h5-11,13,23,25,31H,3-4H2,1-2H3,(H,32,33). The molecular formula is C25H22ClF2NO6. The second-order valence-corrected chi connectivity index (χ2v) is 8.27. The number of rotatable bonds is 8. The van der Waals surface area contributed by atoms with E-state index in [1.807, 2.05) is 0 Å². The Hall–Kier alpha value is -3.43. The molecule has 184 valence electrons. The topological polar surface area (TPSA) is 96.3 Å². The number of carboxylic acids is 1. The molecule has 1 amide bonds. The van der Waals surface area contributed by atoms with Gasteiger partial charge in [-0.15, -0.1) is 0 Å². The van der Waals surface area contributed by atoms with Gasteiger partial charge in [-0.3, -0.25) is 14.5 Å². The number of benzene rings is 3. The number of alkyl halides is 2. The lowest BCUT2D eigenvalue weighted by molar-refractivity contribution is -0.138. The fourth-order valence-corrected chi connectivity index (χ4v) is 4.73. The maximum Gasteiger partial charge on any atom is 0.387 e. The number of carboxylic acid groups (broad SMARTS) is 1. The van der Waals surface area contributed by atoms with Crippen molar-refractivity contribution in [2.24, 2.45) is 0 Å². The Morgan fingerprint density at radius 1 is 1.14 bits per heavy atom. The Morgan fingerprint density at radius 3 is 2.34 bits per heavy atom. The van der Waals surface area contributed by atoms with Crippen LogP contribution in [0.1, 0.15) is 53.9 Å². The molecule has 1 aliphatic rings. The van der Waals surface area contributed by atoms with Crippen LogP contribution in [0.3, 0.4) is 0 Å². The number of halogens is 3. The summed E-state index contributed by atoms with van der Waals surface area (Å²) >= 11 is 6.44.